The third kappa shape index (κ3) is 5.16. The van der Waals surface area contributed by atoms with E-state index < -0.39 is 0 Å². The molecule has 144 valence electrons. The van der Waals surface area contributed by atoms with Gasteiger partial charge in [-0.05, 0) is 62.9 Å². The SMILES string of the molecule is CC(C)NC(=O)C1CCCC(NC(=O)c2ccc(-c3ccc(F)cc3)s2)C1. The fraction of sp³-hybridized carbons (Fsp3) is 0.429. The highest BCUT2D eigenvalue weighted by molar-refractivity contribution is 7.17. The van der Waals surface area contributed by atoms with Crippen LogP contribution in [0, 0.1) is 11.7 Å². The van der Waals surface area contributed by atoms with Crippen LogP contribution in [0.5, 0.6) is 0 Å². The molecule has 1 heterocycles. The van der Waals surface area contributed by atoms with Gasteiger partial charge in [-0.25, -0.2) is 4.39 Å². The summed E-state index contributed by atoms with van der Waals surface area (Å²) in [6, 6.07) is 10.1. The number of hydrogen-bond donors (Lipinski definition) is 2. The summed E-state index contributed by atoms with van der Waals surface area (Å²) in [7, 11) is 0. The van der Waals surface area contributed by atoms with Crippen molar-refractivity contribution in [2.24, 2.45) is 5.92 Å². The molecule has 0 saturated heterocycles. The lowest BCUT2D eigenvalue weighted by Crippen LogP contribution is -2.43. The van der Waals surface area contributed by atoms with Crippen LogP contribution in [0.3, 0.4) is 0 Å². The maximum Gasteiger partial charge on any atom is 0.261 e. The standard InChI is InChI=1S/C21H25FN2O2S/c1-13(2)23-20(25)15-4-3-5-17(12-15)24-21(26)19-11-10-18(27-19)14-6-8-16(22)9-7-14/h6-11,13,15,17H,3-5,12H2,1-2H3,(H,23,25)(H,24,26). The zero-order chi connectivity index (χ0) is 19.4. The van der Waals surface area contributed by atoms with Crippen LogP contribution in [-0.2, 0) is 4.79 Å². The molecular weight excluding hydrogens is 363 g/mol. The van der Waals surface area contributed by atoms with Crippen molar-refractivity contribution in [2.45, 2.75) is 51.6 Å². The van der Waals surface area contributed by atoms with Crippen molar-refractivity contribution in [2.75, 3.05) is 0 Å². The van der Waals surface area contributed by atoms with Gasteiger partial charge in [0.1, 0.15) is 5.82 Å². The molecule has 1 aliphatic rings. The van der Waals surface area contributed by atoms with Crippen molar-refractivity contribution in [3.8, 4) is 10.4 Å². The topological polar surface area (TPSA) is 58.2 Å². The Labute approximate surface area is 163 Å². The monoisotopic (exact) mass is 388 g/mol. The van der Waals surface area contributed by atoms with Gasteiger partial charge in [-0.2, -0.15) is 0 Å². The third-order valence-corrected chi connectivity index (χ3v) is 5.90. The molecule has 0 aliphatic heterocycles. The van der Waals surface area contributed by atoms with Gasteiger partial charge in [0.05, 0.1) is 4.88 Å². The Bertz CT molecular complexity index is 801. The van der Waals surface area contributed by atoms with E-state index in [1.54, 1.807) is 18.2 Å². The zero-order valence-electron chi connectivity index (χ0n) is 15.6. The number of thiophene rings is 1. The number of hydrogen-bond acceptors (Lipinski definition) is 3. The van der Waals surface area contributed by atoms with Crippen LogP contribution >= 0.6 is 11.3 Å². The van der Waals surface area contributed by atoms with Crippen molar-refractivity contribution in [1.82, 2.24) is 10.6 Å². The molecule has 1 aromatic heterocycles. The molecule has 4 nitrogen and oxygen atoms in total. The van der Waals surface area contributed by atoms with Gasteiger partial charge in [-0.3, -0.25) is 9.59 Å². The number of benzene rings is 1. The van der Waals surface area contributed by atoms with Crippen LogP contribution in [0.15, 0.2) is 36.4 Å². The highest BCUT2D eigenvalue weighted by Crippen LogP contribution is 2.29. The van der Waals surface area contributed by atoms with Gasteiger partial charge in [-0.15, -0.1) is 11.3 Å². The second-order valence-corrected chi connectivity index (χ2v) is 8.45. The van der Waals surface area contributed by atoms with E-state index in [1.165, 1.54) is 23.5 Å². The number of carbonyl (C=O) groups is 2. The predicted molar refractivity (Wildman–Crippen MR) is 106 cm³/mol. The van der Waals surface area contributed by atoms with E-state index in [9.17, 15) is 14.0 Å². The summed E-state index contributed by atoms with van der Waals surface area (Å²) in [6.07, 6.45) is 3.39. The Morgan fingerprint density at radius 3 is 2.56 bits per heavy atom. The predicted octanol–water partition coefficient (Wildman–Crippen LogP) is 4.37. The van der Waals surface area contributed by atoms with Gasteiger partial charge in [0.2, 0.25) is 5.91 Å². The molecule has 1 saturated carbocycles. The first-order chi connectivity index (χ1) is 12.9. The number of nitrogens with one attached hydrogen (secondary N) is 2. The Hall–Kier alpha value is -2.21. The lowest BCUT2D eigenvalue weighted by molar-refractivity contribution is -0.126. The van der Waals surface area contributed by atoms with Crippen LogP contribution in [0.1, 0.15) is 49.2 Å². The molecule has 2 unspecified atom stereocenters. The molecule has 1 aliphatic carbocycles. The van der Waals surface area contributed by atoms with Crippen molar-refractivity contribution < 1.29 is 14.0 Å². The molecule has 2 amide bonds. The summed E-state index contributed by atoms with van der Waals surface area (Å²) in [6.45, 7) is 3.91. The average Bonchev–Trinajstić information content (AvgIpc) is 3.12. The minimum atomic E-state index is -0.276. The van der Waals surface area contributed by atoms with Crippen molar-refractivity contribution in [3.63, 3.8) is 0 Å². The smallest absolute Gasteiger partial charge is 0.261 e. The highest BCUT2D eigenvalue weighted by atomic mass is 32.1. The summed E-state index contributed by atoms with van der Waals surface area (Å²) < 4.78 is 13.1. The second kappa shape index (κ2) is 8.65. The number of rotatable bonds is 5. The fourth-order valence-electron chi connectivity index (χ4n) is 3.45. The van der Waals surface area contributed by atoms with Gasteiger partial charge in [0, 0.05) is 22.9 Å². The van der Waals surface area contributed by atoms with Gasteiger partial charge in [-0.1, -0.05) is 18.6 Å². The van der Waals surface area contributed by atoms with Crippen LogP contribution < -0.4 is 10.6 Å². The first-order valence-corrected chi connectivity index (χ1v) is 10.2. The van der Waals surface area contributed by atoms with E-state index in [-0.39, 0.29) is 35.6 Å². The summed E-state index contributed by atoms with van der Waals surface area (Å²) in [5.41, 5.74) is 0.892. The first-order valence-electron chi connectivity index (χ1n) is 9.39. The normalized spacial score (nSPS) is 19.7. The largest absolute Gasteiger partial charge is 0.354 e. The maximum atomic E-state index is 13.1. The Morgan fingerprint density at radius 1 is 1.11 bits per heavy atom. The van der Waals surface area contributed by atoms with E-state index in [0.717, 1.165) is 29.7 Å². The molecule has 2 atom stereocenters. The third-order valence-electron chi connectivity index (χ3n) is 4.77. The number of amides is 2. The van der Waals surface area contributed by atoms with Gasteiger partial charge in [0.25, 0.3) is 5.91 Å². The Balaban J connectivity index is 1.60. The first kappa shape index (κ1) is 19.5. The molecule has 1 aromatic carbocycles. The van der Waals surface area contributed by atoms with E-state index >= 15 is 0 Å². The Kier molecular flexibility index (Phi) is 6.26. The summed E-state index contributed by atoms with van der Waals surface area (Å²) in [4.78, 5) is 26.4. The Morgan fingerprint density at radius 2 is 1.85 bits per heavy atom. The number of carbonyl (C=O) groups excluding carboxylic acids is 2. The zero-order valence-corrected chi connectivity index (χ0v) is 16.4. The van der Waals surface area contributed by atoms with Gasteiger partial charge < -0.3 is 10.6 Å². The van der Waals surface area contributed by atoms with Crippen LogP contribution in [0.2, 0.25) is 0 Å². The highest BCUT2D eigenvalue weighted by Gasteiger charge is 2.28. The van der Waals surface area contributed by atoms with Crippen LogP contribution in [0.25, 0.3) is 10.4 Å². The molecule has 3 rings (SSSR count). The van der Waals surface area contributed by atoms with Crippen molar-refractivity contribution >= 4 is 23.2 Å². The lowest BCUT2D eigenvalue weighted by Gasteiger charge is -2.29. The second-order valence-electron chi connectivity index (χ2n) is 7.37. The molecular formula is C21H25FN2O2S. The molecule has 27 heavy (non-hydrogen) atoms. The van der Waals surface area contributed by atoms with Gasteiger partial charge >= 0.3 is 0 Å². The van der Waals surface area contributed by atoms with Crippen LogP contribution in [-0.4, -0.2) is 23.9 Å². The summed E-state index contributed by atoms with van der Waals surface area (Å²) >= 11 is 1.39. The molecule has 0 radical (unpaired) electrons. The molecule has 0 spiro atoms. The summed E-state index contributed by atoms with van der Waals surface area (Å²) in [5, 5.41) is 6.05. The molecule has 1 fully saturated rings. The van der Waals surface area contributed by atoms with E-state index in [1.807, 2.05) is 19.9 Å². The van der Waals surface area contributed by atoms with E-state index in [2.05, 4.69) is 10.6 Å². The van der Waals surface area contributed by atoms with Crippen molar-refractivity contribution in [1.29, 1.82) is 0 Å². The molecule has 2 N–H and O–H groups in total. The fourth-order valence-corrected chi connectivity index (χ4v) is 4.36. The molecule has 0 bridgehead atoms. The van der Waals surface area contributed by atoms with Gasteiger partial charge in [0.15, 0.2) is 0 Å². The maximum absolute atomic E-state index is 13.1. The minimum absolute atomic E-state index is 0.0190. The quantitative estimate of drug-likeness (QED) is 0.799. The molecule has 6 heteroatoms. The van der Waals surface area contributed by atoms with Crippen molar-refractivity contribution in [3.05, 3.63) is 47.1 Å². The lowest BCUT2D eigenvalue weighted by atomic mass is 9.85. The minimum Gasteiger partial charge on any atom is -0.354 e. The van der Waals surface area contributed by atoms with E-state index in [4.69, 9.17) is 0 Å². The summed E-state index contributed by atoms with van der Waals surface area (Å²) in [5.74, 6) is -0.340. The van der Waals surface area contributed by atoms with Crippen LogP contribution in [0.4, 0.5) is 4.39 Å². The number of halogens is 1. The van der Waals surface area contributed by atoms with E-state index in [0.29, 0.717) is 11.3 Å². The molecule has 2 aromatic rings. The average molecular weight is 389 g/mol.